The number of nitrogens with zero attached hydrogens (tertiary/aromatic N) is 1. The number of esters is 4. The number of pyridine rings is 1. The minimum Gasteiger partial charge on any atom is -0.454 e. The second kappa shape index (κ2) is 18.2. The highest BCUT2D eigenvalue weighted by Gasteiger charge is 2.25. The third-order valence-corrected chi connectivity index (χ3v) is 6.32. The SMILES string of the molecule is Cc1ccn(Cc2ccc(CC3NC(=O)COC(=O)CNC(=O)COC(=O)CNC(=O)COC(=O)CNC(=O)COC3=O)cc2)c(=O)c1. The summed E-state index contributed by atoms with van der Waals surface area (Å²) in [6, 6.07) is 8.72. The monoisotopic (exact) mass is 671 g/mol. The van der Waals surface area contributed by atoms with Crippen LogP contribution in [0.15, 0.2) is 47.4 Å². The van der Waals surface area contributed by atoms with Gasteiger partial charge in [0.1, 0.15) is 25.7 Å². The summed E-state index contributed by atoms with van der Waals surface area (Å²) in [5.74, 6) is -7.68. The number of hydrogen-bond donors (Lipinski definition) is 4. The average molecular weight is 672 g/mol. The Morgan fingerprint density at radius 3 is 1.58 bits per heavy atom. The van der Waals surface area contributed by atoms with Crippen molar-refractivity contribution in [2.45, 2.75) is 25.9 Å². The summed E-state index contributed by atoms with van der Waals surface area (Å²) in [6.45, 7) is -3.23. The summed E-state index contributed by atoms with van der Waals surface area (Å²) in [6.07, 6.45) is 1.55. The molecule has 3 rings (SSSR count). The molecule has 0 radical (unpaired) electrons. The minimum atomic E-state index is -1.36. The molecule has 18 heteroatoms. The summed E-state index contributed by atoms with van der Waals surface area (Å²) < 4.78 is 20.7. The van der Waals surface area contributed by atoms with Crippen molar-refractivity contribution in [2.24, 2.45) is 0 Å². The molecule has 1 aliphatic rings. The zero-order valence-corrected chi connectivity index (χ0v) is 25.7. The smallest absolute Gasteiger partial charge is 0.329 e. The van der Waals surface area contributed by atoms with Crippen LogP contribution in [0.3, 0.4) is 0 Å². The Balaban J connectivity index is 1.67. The molecule has 1 atom stereocenters. The van der Waals surface area contributed by atoms with Crippen LogP contribution in [0, 0.1) is 6.92 Å². The lowest BCUT2D eigenvalue weighted by molar-refractivity contribution is -0.154. The van der Waals surface area contributed by atoms with E-state index in [2.05, 4.69) is 30.7 Å². The summed E-state index contributed by atoms with van der Waals surface area (Å²) in [7, 11) is 0. The fourth-order valence-corrected chi connectivity index (χ4v) is 3.87. The van der Waals surface area contributed by atoms with Crippen molar-refractivity contribution >= 4 is 47.5 Å². The molecule has 1 aromatic heterocycles. The van der Waals surface area contributed by atoms with Gasteiger partial charge in [0.15, 0.2) is 26.4 Å². The Kier molecular flexibility index (Phi) is 13.8. The molecule has 18 nitrogen and oxygen atoms in total. The number of cyclic esters (lactones) is 4. The number of rotatable bonds is 4. The van der Waals surface area contributed by atoms with Crippen molar-refractivity contribution < 1.29 is 57.3 Å². The number of aryl methyl sites for hydroxylation is 1. The van der Waals surface area contributed by atoms with Crippen molar-refractivity contribution in [1.82, 2.24) is 25.8 Å². The molecule has 0 aliphatic carbocycles. The molecule has 1 aromatic carbocycles. The van der Waals surface area contributed by atoms with Gasteiger partial charge in [0.05, 0.1) is 6.54 Å². The van der Waals surface area contributed by atoms with Crippen LogP contribution in [0.5, 0.6) is 0 Å². The average Bonchev–Trinajstić information content (AvgIpc) is 3.06. The van der Waals surface area contributed by atoms with Gasteiger partial charge in [-0.3, -0.25) is 38.4 Å². The largest absolute Gasteiger partial charge is 0.454 e. The van der Waals surface area contributed by atoms with Gasteiger partial charge in [-0.25, -0.2) is 4.79 Å². The Hall–Kier alpha value is -6.07. The van der Waals surface area contributed by atoms with Crippen molar-refractivity contribution in [3.8, 4) is 0 Å². The topological polar surface area (TPSA) is 244 Å². The van der Waals surface area contributed by atoms with Crippen molar-refractivity contribution in [1.29, 1.82) is 0 Å². The summed E-state index contributed by atoms with van der Waals surface area (Å²) in [5, 5.41) is 8.71. The number of ether oxygens (including phenoxy) is 4. The molecule has 1 fully saturated rings. The van der Waals surface area contributed by atoms with E-state index >= 15 is 0 Å². The maximum absolute atomic E-state index is 12.9. The Morgan fingerprint density at radius 1 is 0.625 bits per heavy atom. The van der Waals surface area contributed by atoms with E-state index in [1.165, 1.54) is 10.6 Å². The molecule has 256 valence electrons. The quantitative estimate of drug-likeness (QED) is 0.185. The standard InChI is InChI=1S/C30H33N5O13/c1-18-6-7-35(26(40)8-18)13-20-4-2-19(3-5-20)9-21-30(44)48-16-24(38)33-11-28(42)46-14-22(36)31-10-27(41)45-15-23(37)32-12-29(43)47-17-25(39)34-21/h2-8,21H,9-17H2,1H3,(H,31,36)(H,32,37)(H,33,38)(H,34,39). The van der Waals surface area contributed by atoms with E-state index in [9.17, 15) is 43.2 Å². The van der Waals surface area contributed by atoms with E-state index in [1.807, 2.05) is 6.92 Å². The zero-order chi connectivity index (χ0) is 35.1. The lowest BCUT2D eigenvalue weighted by Gasteiger charge is -2.18. The van der Waals surface area contributed by atoms with Crippen LogP contribution < -0.4 is 26.8 Å². The van der Waals surface area contributed by atoms with Crippen LogP contribution in [0.25, 0.3) is 0 Å². The van der Waals surface area contributed by atoms with Crippen LogP contribution >= 0.6 is 0 Å². The lowest BCUT2D eigenvalue weighted by atomic mass is 10.0. The Labute approximate surface area is 272 Å². The number of nitrogens with one attached hydrogen (secondary N) is 4. The predicted molar refractivity (Wildman–Crippen MR) is 159 cm³/mol. The number of carbonyl (C=O) groups is 8. The highest BCUT2D eigenvalue weighted by atomic mass is 16.6. The molecule has 0 bridgehead atoms. The number of aromatic nitrogens is 1. The molecular formula is C30H33N5O13. The van der Waals surface area contributed by atoms with Gasteiger partial charge in [-0.05, 0) is 29.7 Å². The summed E-state index contributed by atoms with van der Waals surface area (Å²) in [4.78, 5) is 109. The van der Waals surface area contributed by atoms with Gasteiger partial charge in [0.25, 0.3) is 29.2 Å². The maximum atomic E-state index is 12.9. The van der Waals surface area contributed by atoms with Crippen LogP contribution in [-0.4, -0.2) is 104 Å². The van der Waals surface area contributed by atoms with Gasteiger partial charge >= 0.3 is 23.9 Å². The van der Waals surface area contributed by atoms with Crippen LogP contribution in [0.4, 0.5) is 0 Å². The summed E-state index contributed by atoms with van der Waals surface area (Å²) >= 11 is 0. The number of benzene rings is 1. The zero-order valence-electron chi connectivity index (χ0n) is 25.7. The van der Waals surface area contributed by atoms with E-state index in [0.29, 0.717) is 5.56 Å². The fraction of sp³-hybridized carbons (Fsp3) is 0.367. The number of carbonyl (C=O) groups excluding carboxylic acids is 8. The fourth-order valence-electron chi connectivity index (χ4n) is 3.87. The molecular weight excluding hydrogens is 638 g/mol. The first-order valence-corrected chi connectivity index (χ1v) is 14.4. The Bertz CT molecular complexity index is 1600. The predicted octanol–water partition coefficient (Wildman–Crippen LogP) is -3.23. The molecule has 2 heterocycles. The molecule has 4 amide bonds. The minimum absolute atomic E-state index is 0.117. The highest BCUT2D eigenvalue weighted by molar-refractivity contribution is 5.90. The van der Waals surface area contributed by atoms with Crippen LogP contribution in [0.1, 0.15) is 16.7 Å². The third kappa shape index (κ3) is 13.1. The molecule has 1 saturated heterocycles. The normalized spacial score (nSPS) is 18.4. The summed E-state index contributed by atoms with van der Waals surface area (Å²) in [5.41, 5.74) is 1.99. The van der Waals surface area contributed by atoms with Gasteiger partial charge in [-0.15, -0.1) is 0 Å². The van der Waals surface area contributed by atoms with E-state index in [4.69, 9.17) is 9.47 Å². The molecule has 0 saturated carbocycles. The van der Waals surface area contributed by atoms with E-state index in [0.717, 1.165) is 11.1 Å². The molecule has 1 unspecified atom stereocenters. The molecule has 1 aliphatic heterocycles. The first kappa shape index (κ1) is 36.4. The van der Waals surface area contributed by atoms with E-state index in [1.54, 1.807) is 36.5 Å². The van der Waals surface area contributed by atoms with Crippen LogP contribution in [0.2, 0.25) is 0 Å². The second-order valence-corrected chi connectivity index (χ2v) is 10.2. The molecule has 0 spiro atoms. The van der Waals surface area contributed by atoms with Gasteiger partial charge in [0, 0.05) is 18.7 Å². The second-order valence-electron chi connectivity index (χ2n) is 10.2. The third-order valence-electron chi connectivity index (χ3n) is 6.32. The van der Waals surface area contributed by atoms with E-state index < -0.39 is 99.6 Å². The lowest BCUT2D eigenvalue weighted by Crippen LogP contribution is -2.46. The van der Waals surface area contributed by atoms with E-state index in [-0.39, 0.29) is 18.5 Å². The molecule has 48 heavy (non-hydrogen) atoms. The van der Waals surface area contributed by atoms with Gasteiger partial charge in [0.2, 0.25) is 0 Å². The first-order chi connectivity index (χ1) is 22.9. The van der Waals surface area contributed by atoms with Crippen molar-refractivity contribution in [2.75, 3.05) is 46.1 Å². The maximum Gasteiger partial charge on any atom is 0.329 e. The Morgan fingerprint density at radius 2 is 1.08 bits per heavy atom. The number of amides is 4. The number of hydrogen-bond acceptors (Lipinski definition) is 13. The molecule has 2 aromatic rings. The van der Waals surface area contributed by atoms with Crippen molar-refractivity contribution in [3.05, 3.63) is 69.6 Å². The van der Waals surface area contributed by atoms with Crippen LogP contribution in [-0.2, 0) is 70.3 Å². The van der Waals surface area contributed by atoms with Gasteiger partial charge < -0.3 is 44.8 Å². The molecule has 4 N–H and O–H groups in total. The van der Waals surface area contributed by atoms with Gasteiger partial charge in [-0.1, -0.05) is 24.3 Å². The first-order valence-electron chi connectivity index (χ1n) is 14.4. The van der Waals surface area contributed by atoms with Gasteiger partial charge in [-0.2, -0.15) is 0 Å². The van der Waals surface area contributed by atoms with Crippen molar-refractivity contribution in [3.63, 3.8) is 0 Å². The highest BCUT2D eigenvalue weighted by Crippen LogP contribution is 2.10.